The Balaban J connectivity index is -0.000000286. The molecule has 2 aliphatic rings. The number of hydrogen-bond acceptors (Lipinski definition) is 6. The monoisotopic (exact) mass is 528 g/mol. The van der Waals surface area contributed by atoms with Crippen molar-refractivity contribution in [3.8, 4) is 0 Å². The fourth-order valence-corrected chi connectivity index (χ4v) is 1.77. The second kappa shape index (κ2) is 14.3. The van der Waals surface area contributed by atoms with E-state index in [2.05, 4.69) is 0 Å². The molecule has 0 aromatic heterocycles. The molecule has 0 N–H and O–H groups in total. The third-order valence-corrected chi connectivity index (χ3v) is 4.20. The van der Waals surface area contributed by atoms with Gasteiger partial charge in [0.05, 0.1) is 0 Å². The molecule has 0 aliphatic heterocycles. The van der Waals surface area contributed by atoms with E-state index in [1.54, 1.807) is 0 Å². The zero-order chi connectivity index (χ0) is 21.1. The average Bonchev–Trinajstić information content (AvgIpc) is 3.15. The summed E-state index contributed by atoms with van der Waals surface area (Å²) >= 11 is 0. The molecule has 0 atom stereocenters. The summed E-state index contributed by atoms with van der Waals surface area (Å²) in [5.74, 6) is 0. The van der Waals surface area contributed by atoms with Crippen LogP contribution in [0.2, 0.25) is 0 Å². The molecule has 0 spiro atoms. The van der Waals surface area contributed by atoms with Gasteiger partial charge in [0, 0.05) is 0 Å². The van der Waals surface area contributed by atoms with E-state index < -0.39 is 31.3 Å². The zero-order valence-corrected chi connectivity index (χ0v) is 18.2. The smallest absolute Gasteiger partial charge is 0.741 e. The molecule has 2 rings (SSSR count). The van der Waals surface area contributed by atoms with Crippen LogP contribution in [0.4, 0.5) is 26.3 Å². The first-order valence-electron chi connectivity index (χ1n) is 7.54. The molecule has 0 heterocycles. The minimum absolute atomic E-state index is 0. The number of hydrogen-bond donors (Lipinski definition) is 0. The summed E-state index contributed by atoms with van der Waals surface area (Å²) in [6, 6.07) is 0. The van der Waals surface area contributed by atoms with Gasteiger partial charge in [-0.3, -0.25) is 0 Å². The molecule has 0 saturated heterocycles. The average molecular weight is 530 g/mol. The standard InChI is InChI=1S/2C5H10.2CHF3O3S.Zr/c2*1-2-4-5-3-1;2*2-1(3,4)8(5,6)7;/h2*1-5H2;2*(H,5,6,7);/q;;;;+2/p-2. The molecule has 0 bridgehead atoms. The predicted molar refractivity (Wildman–Crippen MR) is 77.7 cm³/mol. The van der Waals surface area contributed by atoms with E-state index in [0.29, 0.717) is 0 Å². The topological polar surface area (TPSA) is 114 Å². The van der Waals surface area contributed by atoms with Crippen LogP contribution >= 0.6 is 0 Å². The third-order valence-electron chi connectivity index (χ3n) is 3.07. The van der Waals surface area contributed by atoms with Crippen molar-refractivity contribution in [1.82, 2.24) is 0 Å². The van der Waals surface area contributed by atoms with Crippen LogP contribution in [0.3, 0.4) is 0 Å². The van der Waals surface area contributed by atoms with Gasteiger partial charge in [0.1, 0.15) is 0 Å². The van der Waals surface area contributed by atoms with Crippen LogP contribution in [0.1, 0.15) is 64.2 Å². The molecule has 2 saturated carbocycles. The number of halogens is 6. The zero-order valence-electron chi connectivity index (χ0n) is 14.1. The Kier molecular flexibility index (Phi) is 16.9. The van der Waals surface area contributed by atoms with Crippen LogP contribution in [-0.2, 0) is 46.4 Å². The van der Waals surface area contributed by atoms with E-state index in [9.17, 15) is 26.3 Å². The molecule has 2 fully saturated rings. The summed E-state index contributed by atoms with van der Waals surface area (Å²) < 4.78 is 118. The van der Waals surface area contributed by atoms with Gasteiger partial charge in [-0.05, 0) is 0 Å². The van der Waals surface area contributed by atoms with Crippen molar-refractivity contribution in [2.45, 2.75) is 75.2 Å². The Morgan fingerprint density at radius 2 is 0.556 bits per heavy atom. The number of alkyl halides is 6. The van der Waals surface area contributed by atoms with Crippen LogP contribution in [0.25, 0.3) is 0 Å². The van der Waals surface area contributed by atoms with Crippen molar-refractivity contribution in [2.24, 2.45) is 0 Å². The first kappa shape index (κ1) is 32.0. The van der Waals surface area contributed by atoms with E-state index in [1.807, 2.05) is 0 Å². The maximum atomic E-state index is 10.7. The van der Waals surface area contributed by atoms with Crippen molar-refractivity contribution in [1.29, 1.82) is 0 Å². The SMILES string of the molecule is C1CCCC1.C1CCCC1.O=S(=O)([O-])C(F)(F)F.O=S(=O)([O-])C(F)(F)F.[Zr+2]. The van der Waals surface area contributed by atoms with Crippen LogP contribution in [0.15, 0.2) is 0 Å². The molecular formula is C12H20F6O6S2Zr. The van der Waals surface area contributed by atoms with E-state index in [4.69, 9.17) is 25.9 Å². The minimum atomic E-state index is -6.09. The summed E-state index contributed by atoms with van der Waals surface area (Å²) in [7, 11) is -12.2. The van der Waals surface area contributed by atoms with Gasteiger partial charge >= 0.3 is 37.2 Å². The Morgan fingerprint density at radius 1 is 0.481 bits per heavy atom. The maximum Gasteiger partial charge on any atom is 2.00 e. The Hall–Kier alpha value is 0.283. The third kappa shape index (κ3) is 19.4. The molecule has 0 radical (unpaired) electrons. The van der Waals surface area contributed by atoms with Crippen molar-refractivity contribution in [3.05, 3.63) is 0 Å². The van der Waals surface area contributed by atoms with E-state index >= 15 is 0 Å². The summed E-state index contributed by atoms with van der Waals surface area (Å²) in [6.45, 7) is 0. The van der Waals surface area contributed by atoms with Crippen molar-refractivity contribution in [3.63, 3.8) is 0 Å². The molecule has 162 valence electrons. The Bertz CT molecular complexity index is 499. The minimum Gasteiger partial charge on any atom is -0.741 e. The fraction of sp³-hybridized carbons (Fsp3) is 1.00. The van der Waals surface area contributed by atoms with Crippen LogP contribution in [0, 0.1) is 0 Å². The fourth-order valence-electron chi connectivity index (χ4n) is 1.77. The van der Waals surface area contributed by atoms with Gasteiger partial charge < -0.3 is 9.11 Å². The normalized spacial score (nSPS) is 17.2. The maximum absolute atomic E-state index is 10.7. The molecule has 0 aromatic carbocycles. The largest absolute Gasteiger partial charge is 2.00 e. The summed E-state index contributed by atoms with van der Waals surface area (Å²) in [6.07, 6.45) is 15.0. The van der Waals surface area contributed by atoms with Gasteiger partial charge in [-0.15, -0.1) is 0 Å². The molecule has 0 amide bonds. The second-order valence-corrected chi connectivity index (χ2v) is 8.08. The van der Waals surface area contributed by atoms with Gasteiger partial charge in [0.15, 0.2) is 20.2 Å². The first-order chi connectivity index (χ1) is 11.5. The molecule has 27 heavy (non-hydrogen) atoms. The van der Waals surface area contributed by atoms with Gasteiger partial charge in [0.25, 0.3) is 0 Å². The van der Waals surface area contributed by atoms with Crippen LogP contribution in [0.5, 0.6) is 0 Å². The first-order valence-corrected chi connectivity index (χ1v) is 10.4. The molecule has 6 nitrogen and oxygen atoms in total. The van der Waals surface area contributed by atoms with Crippen LogP contribution in [-0.4, -0.2) is 37.0 Å². The number of rotatable bonds is 0. The molecule has 15 heteroatoms. The summed E-state index contributed by atoms with van der Waals surface area (Å²) in [4.78, 5) is 0. The van der Waals surface area contributed by atoms with Crippen LogP contribution < -0.4 is 0 Å². The van der Waals surface area contributed by atoms with Crippen molar-refractivity contribution in [2.75, 3.05) is 0 Å². The van der Waals surface area contributed by atoms with E-state index in [-0.39, 0.29) is 26.2 Å². The molecule has 2 aliphatic carbocycles. The predicted octanol–water partition coefficient (Wildman–Crippen LogP) is 4.00. The van der Waals surface area contributed by atoms with Gasteiger partial charge in [-0.1, -0.05) is 64.2 Å². The summed E-state index contributed by atoms with van der Waals surface area (Å²) in [5, 5.41) is 0. The van der Waals surface area contributed by atoms with E-state index in [1.165, 1.54) is 64.2 Å². The Morgan fingerprint density at radius 3 is 0.593 bits per heavy atom. The Labute approximate surface area is 173 Å². The van der Waals surface area contributed by atoms with Crippen molar-refractivity contribution < 1.29 is 78.5 Å². The molecule has 0 aromatic rings. The van der Waals surface area contributed by atoms with Gasteiger partial charge in [0.2, 0.25) is 0 Å². The van der Waals surface area contributed by atoms with E-state index in [0.717, 1.165) is 0 Å². The van der Waals surface area contributed by atoms with Crippen molar-refractivity contribution >= 4 is 20.2 Å². The molecular weight excluding hydrogens is 509 g/mol. The van der Waals surface area contributed by atoms with Gasteiger partial charge in [-0.2, -0.15) is 26.3 Å². The summed E-state index contributed by atoms with van der Waals surface area (Å²) in [5.41, 5.74) is -11.3. The molecule has 0 unspecified atom stereocenters. The second-order valence-electron chi connectivity index (χ2n) is 5.34. The quantitative estimate of drug-likeness (QED) is 0.266. The van der Waals surface area contributed by atoms with Gasteiger partial charge in [-0.25, -0.2) is 16.8 Å².